The van der Waals surface area contributed by atoms with Gasteiger partial charge in [0.05, 0.1) is 0 Å². The highest BCUT2D eigenvalue weighted by Crippen LogP contribution is 2.59. The number of allylic oxidation sites excluding steroid dienone is 1. The van der Waals surface area contributed by atoms with Gasteiger partial charge < -0.3 is 4.74 Å². The van der Waals surface area contributed by atoms with Crippen LogP contribution in [0.4, 0.5) is 0 Å². The molecular formula is C14H20O2. The lowest BCUT2D eigenvalue weighted by molar-refractivity contribution is -0.138. The summed E-state index contributed by atoms with van der Waals surface area (Å²) in [6, 6.07) is 0. The minimum absolute atomic E-state index is 0.278. The molecule has 3 aliphatic rings. The van der Waals surface area contributed by atoms with E-state index in [1.807, 2.05) is 0 Å². The molecule has 0 heterocycles. The largest absolute Gasteiger partial charge is 0.458 e. The fraction of sp³-hybridized carbons (Fsp3) is 0.643. The number of hydrogen-bond acceptors (Lipinski definition) is 2. The number of fused-ring (bicyclic) bond motifs is 1. The summed E-state index contributed by atoms with van der Waals surface area (Å²) in [5.74, 6) is 1.17. The molecule has 0 aliphatic heterocycles. The third-order valence-electron chi connectivity index (χ3n) is 4.30. The Kier molecular flexibility index (Phi) is 2.69. The highest BCUT2D eigenvalue weighted by molar-refractivity contribution is 5.87. The first kappa shape index (κ1) is 11.4. The SMILES string of the molecule is C=C(C)C(=O)OCC1=CC[C@H]2C[C@@H]1C2(C)C. The van der Waals surface area contributed by atoms with Crippen molar-refractivity contribution < 1.29 is 9.53 Å². The van der Waals surface area contributed by atoms with Gasteiger partial charge in [-0.05, 0) is 42.6 Å². The molecule has 2 bridgehead atoms. The summed E-state index contributed by atoms with van der Waals surface area (Å²) in [4.78, 5) is 11.3. The molecule has 1 saturated carbocycles. The van der Waals surface area contributed by atoms with Crippen LogP contribution < -0.4 is 0 Å². The molecule has 0 saturated heterocycles. The Hall–Kier alpha value is -1.05. The molecule has 0 N–H and O–H groups in total. The lowest BCUT2D eigenvalue weighted by Gasteiger charge is -2.56. The van der Waals surface area contributed by atoms with E-state index >= 15 is 0 Å². The first-order valence-corrected chi connectivity index (χ1v) is 5.94. The van der Waals surface area contributed by atoms with Crippen molar-refractivity contribution >= 4 is 5.97 Å². The Bertz CT molecular complexity index is 363. The number of ether oxygens (including phenoxy) is 1. The van der Waals surface area contributed by atoms with Crippen molar-refractivity contribution in [2.45, 2.75) is 33.6 Å². The summed E-state index contributed by atoms with van der Waals surface area (Å²) in [6.45, 7) is 10.4. The molecule has 88 valence electrons. The molecule has 2 heteroatoms. The van der Waals surface area contributed by atoms with Crippen molar-refractivity contribution in [2.75, 3.05) is 6.61 Å². The van der Waals surface area contributed by atoms with Crippen molar-refractivity contribution in [3.8, 4) is 0 Å². The Balaban J connectivity index is 1.94. The summed E-state index contributed by atoms with van der Waals surface area (Å²) < 4.78 is 5.22. The topological polar surface area (TPSA) is 26.3 Å². The van der Waals surface area contributed by atoms with Crippen molar-refractivity contribution in [3.05, 3.63) is 23.8 Å². The Morgan fingerprint density at radius 3 is 2.81 bits per heavy atom. The zero-order chi connectivity index (χ0) is 11.9. The quantitative estimate of drug-likeness (QED) is 0.415. The normalized spacial score (nSPS) is 30.1. The molecule has 3 aliphatic carbocycles. The predicted octanol–water partition coefficient (Wildman–Crippen LogP) is 3.10. The summed E-state index contributed by atoms with van der Waals surface area (Å²) >= 11 is 0. The summed E-state index contributed by atoms with van der Waals surface area (Å²) in [5, 5.41) is 0. The minimum atomic E-state index is -0.278. The molecular weight excluding hydrogens is 200 g/mol. The van der Waals surface area contributed by atoms with E-state index in [1.54, 1.807) is 6.92 Å². The third kappa shape index (κ3) is 1.70. The molecule has 0 aromatic carbocycles. The number of esters is 1. The molecule has 0 aromatic heterocycles. The number of hydrogen-bond donors (Lipinski definition) is 0. The van der Waals surface area contributed by atoms with Gasteiger partial charge in [-0.25, -0.2) is 4.79 Å². The van der Waals surface area contributed by atoms with E-state index in [9.17, 15) is 4.79 Å². The predicted molar refractivity (Wildman–Crippen MR) is 63.9 cm³/mol. The molecule has 0 unspecified atom stereocenters. The number of carbonyl (C=O) groups excluding carboxylic acids is 1. The first-order valence-electron chi connectivity index (χ1n) is 5.94. The van der Waals surface area contributed by atoms with Crippen LogP contribution >= 0.6 is 0 Å². The molecule has 0 spiro atoms. The first-order chi connectivity index (χ1) is 7.43. The maximum absolute atomic E-state index is 11.3. The second-order valence-electron chi connectivity index (χ2n) is 5.68. The highest BCUT2D eigenvalue weighted by Gasteiger charge is 2.51. The van der Waals surface area contributed by atoms with Gasteiger partial charge in [-0.15, -0.1) is 0 Å². The van der Waals surface area contributed by atoms with E-state index in [4.69, 9.17) is 4.74 Å². The third-order valence-corrected chi connectivity index (χ3v) is 4.30. The van der Waals surface area contributed by atoms with Gasteiger partial charge in [0.15, 0.2) is 0 Å². The molecule has 0 radical (unpaired) electrons. The van der Waals surface area contributed by atoms with E-state index < -0.39 is 0 Å². The van der Waals surface area contributed by atoms with Crippen molar-refractivity contribution in [2.24, 2.45) is 17.3 Å². The van der Waals surface area contributed by atoms with E-state index in [1.165, 1.54) is 12.0 Å². The van der Waals surface area contributed by atoms with Crippen LogP contribution in [0.2, 0.25) is 0 Å². The van der Waals surface area contributed by atoms with E-state index in [0.717, 1.165) is 12.3 Å². The van der Waals surface area contributed by atoms with Crippen LogP contribution in [-0.4, -0.2) is 12.6 Å². The smallest absolute Gasteiger partial charge is 0.333 e. The van der Waals surface area contributed by atoms with Crippen LogP contribution in [0, 0.1) is 17.3 Å². The maximum Gasteiger partial charge on any atom is 0.333 e. The van der Waals surface area contributed by atoms with Gasteiger partial charge in [-0.2, -0.15) is 0 Å². The van der Waals surface area contributed by atoms with Crippen LogP contribution in [-0.2, 0) is 9.53 Å². The standard InChI is InChI=1S/C14H20O2/c1-9(2)13(15)16-8-10-5-6-11-7-12(10)14(11,3)4/h5,11-12H,1,6-8H2,2-4H3/t11-,12-/m0/s1. The van der Waals surface area contributed by atoms with Gasteiger partial charge in [0.2, 0.25) is 0 Å². The number of rotatable bonds is 3. The van der Waals surface area contributed by atoms with Gasteiger partial charge in [0, 0.05) is 5.57 Å². The van der Waals surface area contributed by atoms with Gasteiger partial charge >= 0.3 is 5.97 Å². The Labute approximate surface area is 97.4 Å². The number of carbonyl (C=O) groups is 1. The van der Waals surface area contributed by atoms with Crippen LogP contribution in [0.1, 0.15) is 33.6 Å². The fourth-order valence-corrected chi connectivity index (χ4v) is 2.91. The summed E-state index contributed by atoms with van der Waals surface area (Å²) in [5.41, 5.74) is 2.18. The van der Waals surface area contributed by atoms with Crippen LogP contribution in [0.5, 0.6) is 0 Å². The van der Waals surface area contributed by atoms with E-state index in [0.29, 0.717) is 23.5 Å². The van der Waals surface area contributed by atoms with Crippen LogP contribution in [0.15, 0.2) is 23.8 Å². The Morgan fingerprint density at radius 1 is 1.62 bits per heavy atom. The monoisotopic (exact) mass is 220 g/mol. The average molecular weight is 220 g/mol. The second-order valence-corrected chi connectivity index (χ2v) is 5.68. The average Bonchev–Trinajstić information content (AvgIpc) is 2.25. The Morgan fingerprint density at radius 2 is 2.31 bits per heavy atom. The van der Waals surface area contributed by atoms with Gasteiger partial charge in [0.25, 0.3) is 0 Å². The van der Waals surface area contributed by atoms with Gasteiger partial charge in [-0.3, -0.25) is 0 Å². The fourth-order valence-electron chi connectivity index (χ4n) is 2.91. The molecule has 3 rings (SSSR count). The van der Waals surface area contributed by atoms with Crippen LogP contribution in [0.25, 0.3) is 0 Å². The van der Waals surface area contributed by atoms with E-state index in [-0.39, 0.29) is 5.97 Å². The van der Waals surface area contributed by atoms with Crippen LogP contribution in [0.3, 0.4) is 0 Å². The minimum Gasteiger partial charge on any atom is -0.458 e. The zero-order valence-corrected chi connectivity index (χ0v) is 10.4. The molecule has 2 nitrogen and oxygen atoms in total. The molecule has 1 fully saturated rings. The zero-order valence-electron chi connectivity index (χ0n) is 10.4. The highest BCUT2D eigenvalue weighted by atomic mass is 16.5. The second kappa shape index (κ2) is 3.76. The summed E-state index contributed by atoms with van der Waals surface area (Å²) in [7, 11) is 0. The summed E-state index contributed by atoms with van der Waals surface area (Å²) in [6.07, 6.45) is 4.67. The van der Waals surface area contributed by atoms with Gasteiger partial charge in [0.1, 0.15) is 6.61 Å². The lowest BCUT2D eigenvalue weighted by Crippen LogP contribution is -2.48. The molecule has 0 amide bonds. The molecule has 16 heavy (non-hydrogen) atoms. The van der Waals surface area contributed by atoms with E-state index in [2.05, 4.69) is 26.5 Å². The maximum atomic E-state index is 11.3. The lowest BCUT2D eigenvalue weighted by atomic mass is 9.49. The van der Waals surface area contributed by atoms with Crippen molar-refractivity contribution in [3.63, 3.8) is 0 Å². The molecule has 2 atom stereocenters. The van der Waals surface area contributed by atoms with Crippen molar-refractivity contribution in [1.29, 1.82) is 0 Å². The molecule has 0 aromatic rings. The van der Waals surface area contributed by atoms with Gasteiger partial charge in [-0.1, -0.05) is 26.5 Å². The van der Waals surface area contributed by atoms with Crippen molar-refractivity contribution in [1.82, 2.24) is 0 Å².